The number of nitrogens with zero attached hydrogens (tertiary/aromatic N) is 1. The van der Waals surface area contributed by atoms with Crippen molar-refractivity contribution in [2.45, 2.75) is 30.6 Å². The van der Waals surface area contributed by atoms with Crippen molar-refractivity contribution >= 4 is 39.1 Å². The molecule has 0 unspecified atom stereocenters. The molecule has 0 radical (unpaired) electrons. The lowest BCUT2D eigenvalue weighted by atomic mass is 10.1. The number of thioether (sulfide) groups is 1. The number of aryl methyl sites for hydroxylation is 2. The quantitative estimate of drug-likeness (QED) is 0.889. The lowest BCUT2D eigenvalue weighted by Crippen LogP contribution is -2.33. The second kappa shape index (κ2) is 6.72. The lowest BCUT2D eigenvalue weighted by Gasteiger charge is -2.28. The average molecular weight is 377 g/mol. The fourth-order valence-electron chi connectivity index (χ4n) is 2.74. The Hall–Kier alpha value is -1.99. The van der Waals surface area contributed by atoms with Gasteiger partial charge in [-0.05, 0) is 49.2 Å². The van der Waals surface area contributed by atoms with Gasteiger partial charge in [0.15, 0.2) is 0 Å². The number of carbonyl (C=O) groups is 1. The summed E-state index contributed by atoms with van der Waals surface area (Å²) in [5.74, 6) is 0.720. The van der Waals surface area contributed by atoms with Crippen LogP contribution >= 0.6 is 11.8 Å². The van der Waals surface area contributed by atoms with Crippen LogP contribution < -0.4 is 9.62 Å². The molecule has 1 aliphatic heterocycles. The molecule has 2 aromatic carbocycles. The van der Waals surface area contributed by atoms with E-state index in [4.69, 9.17) is 0 Å². The fourth-order valence-corrected chi connectivity index (χ4v) is 4.86. The van der Waals surface area contributed by atoms with Crippen molar-refractivity contribution in [1.82, 2.24) is 0 Å². The Morgan fingerprint density at radius 2 is 1.92 bits per heavy atom. The van der Waals surface area contributed by atoms with Gasteiger partial charge >= 0.3 is 0 Å². The second-order valence-electron chi connectivity index (χ2n) is 6.07. The van der Waals surface area contributed by atoms with Gasteiger partial charge < -0.3 is 4.90 Å². The molecule has 0 spiro atoms. The summed E-state index contributed by atoms with van der Waals surface area (Å²) in [4.78, 5) is 14.6. The van der Waals surface area contributed by atoms with E-state index >= 15 is 0 Å². The summed E-state index contributed by atoms with van der Waals surface area (Å²) in [5.41, 5.74) is 3.06. The van der Waals surface area contributed by atoms with Crippen LogP contribution in [0.2, 0.25) is 0 Å². The molecule has 2 aromatic rings. The number of anilines is 2. The van der Waals surface area contributed by atoms with Gasteiger partial charge in [0.1, 0.15) is 0 Å². The molecule has 1 N–H and O–H groups in total. The zero-order chi connectivity index (χ0) is 18.2. The van der Waals surface area contributed by atoms with Crippen LogP contribution in [0, 0.1) is 13.8 Å². The van der Waals surface area contributed by atoms with E-state index < -0.39 is 10.0 Å². The molecule has 0 aliphatic carbocycles. The van der Waals surface area contributed by atoms with Crippen molar-refractivity contribution in [2.75, 3.05) is 21.9 Å². The second-order valence-corrected chi connectivity index (χ2v) is 8.89. The van der Waals surface area contributed by atoms with Crippen molar-refractivity contribution < 1.29 is 13.2 Å². The molecule has 0 saturated heterocycles. The highest BCUT2D eigenvalue weighted by atomic mass is 32.2. The Labute approximate surface area is 152 Å². The summed E-state index contributed by atoms with van der Waals surface area (Å²) in [7, 11) is -3.73. The number of fused-ring (bicyclic) bond motifs is 1. The molecule has 25 heavy (non-hydrogen) atoms. The molecule has 0 fully saturated rings. The summed E-state index contributed by atoms with van der Waals surface area (Å²) in [6, 6.07) is 10.6. The predicted molar refractivity (Wildman–Crippen MR) is 102 cm³/mol. The minimum absolute atomic E-state index is 0.0846. The zero-order valence-corrected chi connectivity index (χ0v) is 16.0. The molecule has 7 heteroatoms. The lowest BCUT2D eigenvalue weighted by molar-refractivity contribution is -0.116. The van der Waals surface area contributed by atoms with Crippen LogP contribution in [-0.4, -0.2) is 26.6 Å². The first-order valence-electron chi connectivity index (χ1n) is 7.93. The van der Waals surface area contributed by atoms with E-state index in [2.05, 4.69) is 4.72 Å². The summed E-state index contributed by atoms with van der Waals surface area (Å²) in [6.07, 6.45) is 0. The molecule has 0 atom stereocenters. The van der Waals surface area contributed by atoms with E-state index in [1.807, 2.05) is 32.0 Å². The van der Waals surface area contributed by atoms with Gasteiger partial charge in [-0.2, -0.15) is 0 Å². The highest BCUT2D eigenvalue weighted by Crippen LogP contribution is 2.36. The average Bonchev–Trinajstić information content (AvgIpc) is 2.56. The minimum Gasteiger partial charge on any atom is -0.311 e. The maximum absolute atomic E-state index is 12.8. The first-order valence-corrected chi connectivity index (χ1v) is 10.4. The standard InChI is InChI=1S/C18H20N2O3S2/c1-12-4-5-13(2)16(10-12)19-25(22,23)15-6-7-18-17(11-15)20(14(3)21)8-9-24-18/h4-7,10-11,19H,8-9H2,1-3H3. The van der Waals surface area contributed by atoms with Gasteiger partial charge in [0, 0.05) is 24.1 Å². The molecule has 0 aromatic heterocycles. The molecular weight excluding hydrogens is 356 g/mol. The Bertz CT molecular complexity index is 939. The topological polar surface area (TPSA) is 66.5 Å². The van der Waals surface area contributed by atoms with Gasteiger partial charge in [0.25, 0.3) is 10.0 Å². The summed E-state index contributed by atoms with van der Waals surface area (Å²) >= 11 is 1.63. The van der Waals surface area contributed by atoms with Crippen LogP contribution in [0.25, 0.3) is 0 Å². The maximum atomic E-state index is 12.8. The first-order chi connectivity index (χ1) is 11.8. The molecule has 1 amide bonds. The number of benzene rings is 2. The summed E-state index contributed by atoms with van der Waals surface area (Å²) < 4.78 is 28.3. The SMILES string of the molecule is CC(=O)N1CCSc2ccc(S(=O)(=O)Nc3cc(C)ccc3C)cc21. The van der Waals surface area contributed by atoms with Crippen molar-refractivity contribution in [3.05, 3.63) is 47.5 Å². The minimum atomic E-state index is -3.73. The highest BCUT2D eigenvalue weighted by molar-refractivity contribution is 7.99. The highest BCUT2D eigenvalue weighted by Gasteiger charge is 2.24. The van der Waals surface area contributed by atoms with Gasteiger partial charge in [-0.3, -0.25) is 9.52 Å². The van der Waals surface area contributed by atoms with E-state index in [9.17, 15) is 13.2 Å². The smallest absolute Gasteiger partial charge is 0.261 e. The maximum Gasteiger partial charge on any atom is 0.261 e. The van der Waals surface area contributed by atoms with Crippen LogP contribution in [-0.2, 0) is 14.8 Å². The third-order valence-electron chi connectivity index (χ3n) is 4.12. The third-order valence-corrected chi connectivity index (χ3v) is 6.53. The van der Waals surface area contributed by atoms with E-state index in [0.717, 1.165) is 21.8 Å². The number of rotatable bonds is 3. The van der Waals surface area contributed by atoms with E-state index in [1.165, 1.54) is 6.92 Å². The van der Waals surface area contributed by atoms with Crippen LogP contribution in [0.5, 0.6) is 0 Å². The number of carbonyl (C=O) groups excluding carboxylic acids is 1. The van der Waals surface area contributed by atoms with Gasteiger partial charge in [0.2, 0.25) is 5.91 Å². The molecule has 5 nitrogen and oxygen atoms in total. The van der Waals surface area contributed by atoms with E-state index in [1.54, 1.807) is 34.9 Å². The van der Waals surface area contributed by atoms with E-state index in [-0.39, 0.29) is 10.8 Å². The molecule has 1 aliphatic rings. The van der Waals surface area contributed by atoms with Gasteiger partial charge in [-0.25, -0.2) is 8.42 Å². The molecule has 1 heterocycles. The van der Waals surface area contributed by atoms with Crippen LogP contribution in [0.1, 0.15) is 18.1 Å². The van der Waals surface area contributed by atoms with Gasteiger partial charge in [-0.15, -0.1) is 11.8 Å². The summed E-state index contributed by atoms with van der Waals surface area (Å²) in [5, 5.41) is 0. The van der Waals surface area contributed by atoms with Crippen LogP contribution in [0.3, 0.4) is 0 Å². The van der Waals surface area contributed by atoms with Crippen LogP contribution in [0.15, 0.2) is 46.2 Å². The first kappa shape index (κ1) is 17.8. The van der Waals surface area contributed by atoms with E-state index in [0.29, 0.717) is 17.9 Å². The number of amides is 1. The molecule has 0 bridgehead atoms. The zero-order valence-electron chi connectivity index (χ0n) is 14.4. The Morgan fingerprint density at radius 3 is 2.64 bits per heavy atom. The van der Waals surface area contributed by atoms with Crippen molar-refractivity contribution in [1.29, 1.82) is 0 Å². The molecule has 0 saturated carbocycles. The Balaban J connectivity index is 1.99. The van der Waals surface area contributed by atoms with Crippen LogP contribution in [0.4, 0.5) is 11.4 Å². The Kier molecular flexibility index (Phi) is 4.79. The van der Waals surface area contributed by atoms with Gasteiger partial charge in [-0.1, -0.05) is 12.1 Å². The Morgan fingerprint density at radius 1 is 1.16 bits per heavy atom. The van der Waals surface area contributed by atoms with Gasteiger partial charge in [0.05, 0.1) is 16.3 Å². The number of nitrogens with one attached hydrogen (secondary N) is 1. The fraction of sp³-hybridized carbons (Fsp3) is 0.278. The largest absolute Gasteiger partial charge is 0.311 e. The van der Waals surface area contributed by atoms with Crippen molar-refractivity contribution in [3.8, 4) is 0 Å². The number of sulfonamides is 1. The summed E-state index contributed by atoms with van der Waals surface area (Å²) in [6.45, 7) is 5.85. The molecule has 132 valence electrons. The molecular formula is C18H20N2O3S2. The molecule has 3 rings (SSSR count). The number of hydrogen-bond acceptors (Lipinski definition) is 4. The normalized spacial score (nSPS) is 14.1. The number of hydrogen-bond donors (Lipinski definition) is 1. The predicted octanol–water partition coefficient (Wildman–Crippen LogP) is 3.56. The van der Waals surface area contributed by atoms with Crippen molar-refractivity contribution in [2.24, 2.45) is 0 Å². The third kappa shape index (κ3) is 3.67. The monoisotopic (exact) mass is 376 g/mol. The van der Waals surface area contributed by atoms with Crippen molar-refractivity contribution in [3.63, 3.8) is 0 Å².